The third-order valence-corrected chi connectivity index (χ3v) is 2.56. The molecule has 0 saturated heterocycles. The van der Waals surface area contributed by atoms with Crippen LogP contribution in [-0.2, 0) is 0 Å². The molecule has 0 aromatic heterocycles. The molecule has 0 aliphatic carbocycles. The molecule has 0 fully saturated rings. The monoisotopic (exact) mass is 194 g/mol. The Morgan fingerprint density at radius 1 is 1.29 bits per heavy atom. The standard InChI is InChI=1S/C12H18O2/c1-9-5-3-4-6-12(9)10(2)7-11(14)8-13/h3-6,10-11,13-14H,7-8H2,1-2H3/t10-,11-/m0/s1. The van der Waals surface area contributed by atoms with Crippen LogP contribution < -0.4 is 0 Å². The molecule has 0 radical (unpaired) electrons. The highest BCUT2D eigenvalue weighted by atomic mass is 16.3. The van der Waals surface area contributed by atoms with Gasteiger partial charge in [0.25, 0.3) is 0 Å². The zero-order valence-electron chi connectivity index (χ0n) is 8.77. The molecule has 1 aromatic rings. The summed E-state index contributed by atoms with van der Waals surface area (Å²) in [4.78, 5) is 0. The Morgan fingerprint density at radius 2 is 1.93 bits per heavy atom. The summed E-state index contributed by atoms with van der Waals surface area (Å²) in [6, 6.07) is 8.15. The fourth-order valence-corrected chi connectivity index (χ4v) is 1.75. The molecule has 2 nitrogen and oxygen atoms in total. The maximum absolute atomic E-state index is 9.33. The fraction of sp³-hybridized carbons (Fsp3) is 0.500. The SMILES string of the molecule is Cc1ccccc1[C@@H](C)C[C@H](O)CO. The van der Waals surface area contributed by atoms with Crippen LogP contribution >= 0.6 is 0 Å². The van der Waals surface area contributed by atoms with Crippen LogP contribution in [0.2, 0.25) is 0 Å². The third kappa shape index (κ3) is 2.82. The van der Waals surface area contributed by atoms with Crippen LogP contribution in [0.3, 0.4) is 0 Å². The lowest BCUT2D eigenvalue weighted by atomic mass is 9.92. The van der Waals surface area contributed by atoms with Gasteiger partial charge in [0.05, 0.1) is 12.7 Å². The van der Waals surface area contributed by atoms with E-state index in [9.17, 15) is 5.11 Å². The highest BCUT2D eigenvalue weighted by molar-refractivity contribution is 5.28. The molecule has 1 rings (SSSR count). The Kier molecular flexibility index (Phi) is 4.11. The Balaban J connectivity index is 2.69. The second-order valence-electron chi connectivity index (χ2n) is 3.83. The van der Waals surface area contributed by atoms with Gasteiger partial charge in [-0.3, -0.25) is 0 Å². The average Bonchev–Trinajstić information content (AvgIpc) is 2.18. The smallest absolute Gasteiger partial charge is 0.0776 e. The largest absolute Gasteiger partial charge is 0.394 e. The molecule has 2 atom stereocenters. The van der Waals surface area contributed by atoms with Gasteiger partial charge in [0, 0.05) is 0 Å². The van der Waals surface area contributed by atoms with Crippen molar-refractivity contribution in [3.63, 3.8) is 0 Å². The second kappa shape index (κ2) is 5.13. The van der Waals surface area contributed by atoms with E-state index in [4.69, 9.17) is 5.11 Å². The number of aliphatic hydroxyl groups is 2. The van der Waals surface area contributed by atoms with Crippen LogP contribution in [0.5, 0.6) is 0 Å². The summed E-state index contributed by atoms with van der Waals surface area (Å²) in [6.07, 6.45) is 0.00561. The molecule has 0 aliphatic rings. The molecule has 2 N–H and O–H groups in total. The maximum Gasteiger partial charge on any atom is 0.0776 e. The van der Waals surface area contributed by atoms with E-state index in [0.717, 1.165) is 0 Å². The molecule has 0 heterocycles. The quantitative estimate of drug-likeness (QED) is 0.767. The highest BCUT2D eigenvalue weighted by Crippen LogP contribution is 2.23. The number of benzene rings is 1. The number of rotatable bonds is 4. The predicted molar refractivity (Wildman–Crippen MR) is 57.3 cm³/mol. The summed E-state index contributed by atoms with van der Waals surface area (Å²) in [7, 11) is 0. The Labute approximate surface area is 85.2 Å². The van der Waals surface area contributed by atoms with Gasteiger partial charge in [0.1, 0.15) is 0 Å². The van der Waals surface area contributed by atoms with E-state index >= 15 is 0 Å². The maximum atomic E-state index is 9.33. The fourth-order valence-electron chi connectivity index (χ4n) is 1.75. The van der Waals surface area contributed by atoms with Crippen LogP contribution in [-0.4, -0.2) is 22.9 Å². The van der Waals surface area contributed by atoms with Crippen molar-refractivity contribution in [2.45, 2.75) is 32.3 Å². The van der Waals surface area contributed by atoms with Gasteiger partial charge in [0.15, 0.2) is 0 Å². The third-order valence-electron chi connectivity index (χ3n) is 2.56. The van der Waals surface area contributed by atoms with Crippen molar-refractivity contribution >= 4 is 0 Å². The molecule has 0 bridgehead atoms. The number of aliphatic hydroxyl groups excluding tert-OH is 2. The van der Waals surface area contributed by atoms with Crippen molar-refractivity contribution in [2.24, 2.45) is 0 Å². The van der Waals surface area contributed by atoms with E-state index in [1.807, 2.05) is 12.1 Å². The molecule has 0 saturated carbocycles. The molecule has 0 amide bonds. The second-order valence-corrected chi connectivity index (χ2v) is 3.83. The Hall–Kier alpha value is -0.860. The summed E-state index contributed by atoms with van der Waals surface area (Å²) in [5.74, 6) is 0.290. The lowest BCUT2D eigenvalue weighted by Crippen LogP contribution is -2.15. The van der Waals surface area contributed by atoms with Gasteiger partial charge in [0.2, 0.25) is 0 Å². The first-order chi connectivity index (χ1) is 6.65. The first-order valence-corrected chi connectivity index (χ1v) is 4.99. The minimum atomic E-state index is -0.607. The first-order valence-electron chi connectivity index (χ1n) is 4.99. The minimum Gasteiger partial charge on any atom is -0.394 e. The van der Waals surface area contributed by atoms with Crippen molar-refractivity contribution < 1.29 is 10.2 Å². The van der Waals surface area contributed by atoms with Crippen molar-refractivity contribution in [3.05, 3.63) is 35.4 Å². The van der Waals surface area contributed by atoms with Gasteiger partial charge in [-0.25, -0.2) is 0 Å². The van der Waals surface area contributed by atoms with Gasteiger partial charge >= 0.3 is 0 Å². The Morgan fingerprint density at radius 3 is 2.50 bits per heavy atom. The molecule has 0 aliphatic heterocycles. The number of aryl methyl sites for hydroxylation is 1. The van der Waals surface area contributed by atoms with Gasteiger partial charge in [-0.2, -0.15) is 0 Å². The van der Waals surface area contributed by atoms with Crippen molar-refractivity contribution in [1.82, 2.24) is 0 Å². The average molecular weight is 194 g/mol. The van der Waals surface area contributed by atoms with Crippen LogP contribution in [0.25, 0.3) is 0 Å². The normalized spacial score (nSPS) is 15.1. The van der Waals surface area contributed by atoms with Crippen LogP contribution in [0, 0.1) is 6.92 Å². The van der Waals surface area contributed by atoms with E-state index in [0.29, 0.717) is 12.3 Å². The van der Waals surface area contributed by atoms with E-state index in [-0.39, 0.29) is 6.61 Å². The molecule has 1 aromatic carbocycles. The number of hydrogen-bond acceptors (Lipinski definition) is 2. The predicted octanol–water partition coefficient (Wildman–Crippen LogP) is 1.84. The van der Waals surface area contributed by atoms with Gasteiger partial charge in [-0.1, -0.05) is 31.2 Å². The zero-order chi connectivity index (χ0) is 10.6. The lowest BCUT2D eigenvalue weighted by molar-refractivity contribution is 0.0835. The van der Waals surface area contributed by atoms with E-state index in [1.54, 1.807) is 0 Å². The molecular weight excluding hydrogens is 176 g/mol. The molecule has 2 heteroatoms. The lowest BCUT2D eigenvalue weighted by Gasteiger charge is -2.16. The number of hydrogen-bond donors (Lipinski definition) is 2. The van der Waals surface area contributed by atoms with E-state index in [2.05, 4.69) is 26.0 Å². The van der Waals surface area contributed by atoms with Crippen molar-refractivity contribution in [2.75, 3.05) is 6.61 Å². The Bertz CT molecular complexity index is 283. The van der Waals surface area contributed by atoms with Gasteiger partial charge in [-0.05, 0) is 30.4 Å². The van der Waals surface area contributed by atoms with Crippen LogP contribution in [0.1, 0.15) is 30.4 Å². The summed E-state index contributed by atoms with van der Waals surface area (Å²) in [5, 5.41) is 18.1. The minimum absolute atomic E-state index is 0.157. The molecular formula is C12H18O2. The van der Waals surface area contributed by atoms with E-state index in [1.165, 1.54) is 11.1 Å². The van der Waals surface area contributed by atoms with Gasteiger partial charge < -0.3 is 10.2 Å². The summed E-state index contributed by atoms with van der Waals surface area (Å²) < 4.78 is 0. The topological polar surface area (TPSA) is 40.5 Å². The highest BCUT2D eigenvalue weighted by Gasteiger charge is 2.12. The first kappa shape index (κ1) is 11.2. The molecule has 0 spiro atoms. The van der Waals surface area contributed by atoms with Crippen LogP contribution in [0.15, 0.2) is 24.3 Å². The van der Waals surface area contributed by atoms with Crippen LogP contribution in [0.4, 0.5) is 0 Å². The molecule has 78 valence electrons. The van der Waals surface area contributed by atoms with Crippen molar-refractivity contribution in [1.29, 1.82) is 0 Å². The zero-order valence-corrected chi connectivity index (χ0v) is 8.77. The summed E-state index contributed by atoms with van der Waals surface area (Å²) >= 11 is 0. The van der Waals surface area contributed by atoms with E-state index < -0.39 is 6.10 Å². The van der Waals surface area contributed by atoms with Gasteiger partial charge in [-0.15, -0.1) is 0 Å². The summed E-state index contributed by atoms with van der Waals surface area (Å²) in [5.41, 5.74) is 2.49. The molecule has 14 heavy (non-hydrogen) atoms. The summed E-state index contributed by atoms with van der Waals surface area (Å²) in [6.45, 7) is 3.98. The molecule has 0 unspecified atom stereocenters. The van der Waals surface area contributed by atoms with Crippen molar-refractivity contribution in [3.8, 4) is 0 Å².